The molecule has 11 nitrogen and oxygen atoms in total. The first kappa shape index (κ1) is 14.0. The molecule has 3 N–H and O–H groups in total. The highest BCUT2D eigenvalue weighted by molar-refractivity contribution is 7.47. The lowest BCUT2D eigenvalue weighted by Gasteiger charge is -2.27. The highest BCUT2D eigenvalue weighted by atomic mass is 31.2. The van der Waals surface area contributed by atoms with Crippen molar-refractivity contribution in [3.05, 3.63) is 23.0 Å². The van der Waals surface area contributed by atoms with E-state index < -0.39 is 37.9 Å². The maximum absolute atomic E-state index is 11.6. The Bertz CT molecular complexity index is 834. The molecule has 2 aliphatic rings. The van der Waals surface area contributed by atoms with E-state index in [9.17, 15) is 19.4 Å². The minimum Gasteiger partial charge on any atom is -0.386 e. The maximum Gasteiger partial charge on any atom is 0.472 e. The van der Waals surface area contributed by atoms with E-state index in [1.165, 1.54) is 17.2 Å². The minimum atomic E-state index is -4.19. The van der Waals surface area contributed by atoms with E-state index >= 15 is 0 Å². The number of hydrogen-bond acceptors (Lipinski definition) is 8. The number of aliphatic hydroxyl groups is 1. The standard InChI is InChI=1S/C10H11N4O7P/c15-6-7-4(1-19-22(17,18)21-7)20-10(6)14-3-13-5-8(14)11-2-12-9(5)16/h2-4,6-7,10,15H,1H2,(H,17,18)(H,11,12,16)/t4-,6+,7?,10-/m1/s1. The van der Waals surface area contributed by atoms with Crippen molar-refractivity contribution in [3.63, 3.8) is 0 Å². The summed E-state index contributed by atoms with van der Waals surface area (Å²) in [6.07, 6.45) is -1.43. The summed E-state index contributed by atoms with van der Waals surface area (Å²) in [4.78, 5) is 31.3. The van der Waals surface area contributed by atoms with E-state index in [2.05, 4.69) is 19.5 Å². The van der Waals surface area contributed by atoms with Gasteiger partial charge in [-0.1, -0.05) is 0 Å². The predicted molar refractivity (Wildman–Crippen MR) is 68.7 cm³/mol. The number of hydrogen-bond donors (Lipinski definition) is 3. The molecule has 4 rings (SSSR count). The molecule has 2 fully saturated rings. The van der Waals surface area contributed by atoms with Crippen molar-refractivity contribution >= 4 is 19.0 Å². The topological polar surface area (TPSA) is 149 Å². The fraction of sp³-hybridized carbons (Fsp3) is 0.500. The third-order valence-corrected chi connectivity index (χ3v) is 4.59. The molecule has 0 aliphatic carbocycles. The van der Waals surface area contributed by atoms with Crippen LogP contribution in [0.5, 0.6) is 0 Å². The molecule has 2 unspecified atom stereocenters. The highest BCUT2D eigenvalue weighted by Crippen LogP contribution is 2.52. The smallest absolute Gasteiger partial charge is 0.386 e. The molecule has 4 heterocycles. The Hall–Kier alpha value is -1.62. The molecule has 0 spiro atoms. The van der Waals surface area contributed by atoms with Crippen LogP contribution < -0.4 is 5.56 Å². The van der Waals surface area contributed by atoms with Crippen molar-refractivity contribution in [1.82, 2.24) is 19.5 Å². The molecule has 5 atom stereocenters. The van der Waals surface area contributed by atoms with E-state index in [1.54, 1.807) is 0 Å². The molecule has 0 aromatic carbocycles. The quantitative estimate of drug-likeness (QED) is 0.553. The van der Waals surface area contributed by atoms with Gasteiger partial charge >= 0.3 is 7.82 Å². The first-order valence-corrected chi connectivity index (χ1v) is 7.85. The van der Waals surface area contributed by atoms with Crippen LogP contribution in [0.25, 0.3) is 11.2 Å². The van der Waals surface area contributed by atoms with Gasteiger partial charge in [0.05, 0.1) is 19.3 Å². The Morgan fingerprint density at radius 3 is 3.09 bits per heavy atom. The lowest BCUT2D eigenvalue weighted by atomic mass is 10.1. The van der Waals surface area contributed by atoms with Crippen LogP contribution in [0.3, 0.4) is 0 Å². The zero-order valence-corrected chi connectivity index (χ0v) is 11.8. The molecule has 0 amide bonds. The number of fused-ring (bicyclic) bond motifs is 2. The van der Waals surface area contributed by atoms with Crippen LogP contribution in [0, 0.1) is 0 Å². The molecule has 12 heteroatoms. The van der Waals surface area contributed by atoms with Crippen LogP contribution in [0.2, 0.25) is 0 Å². The van der Waals surface area contributed by atoms with Crippen LogP contribution >= 0.6 is 7.82 Å². The first-order chi connectivity index (χ1) is 10.5. The average molecular weight is 330 g/mol. The lowest BCUT2D eigenvalue weighted by molar-refractivity contribution is -0.0664. The molecule has 22 heavy (non-hydrogen) atoms. The molecule has 2 saturated heterocycles. The Labute approximate surface area is 122 Å². The number of phosphoric acid groups is 1. The summed E-state index contributed by atoms with van der Waals surface area (Å²) in [5, 5.41) is 10.3. The number of nitrogens with zero attached hydrogens (tertiary/aromatic N) is 3. The molecule has 2 aliphatic heterocycles. The van der Waals surface area contributed by atoms with E-state index in [0.717, 1.165) is 0 Å². The van der Waals surface area contributed by atoms with Gasteiger partial charge in [0.15, 0.2) is 17.4 Å². The summed E-state index contributed by atoms with van der Waals surface area (Å²) in [6, 6.07) is 0. The second-order valence-corrected chi connectivity index (χ2v) is 6.35. The summed E-state index contributed by atoms with van der Waals surface area (Å²) >= 11 is 0. The van der Waals surface area contributed by atoms with E-state index in [0.29, 0.717) is 0 Å². The molecular weight excluding hydrogens is 319 g/mol. The van der Waals surface area contributed by atoms with Gasteiger partial charge in [-0.2, -0.15) is 0 Å². The Balaban J connectivity index is 1.73. The number of nitrogens with one attached hydrogen (secondary N) is 1. The van der Waals surface area contributed by atoms with Crippen molar-refractivity contribution < 1.29 is 28.3 Å². The lowest BCUT2D eigenvalue weighted by Crippen LogP contribution is -2.39. The van der Waals surface area contributed by atoms with E-state index in [4.69, 9.17) is 9.26 Å². The van der Waals surface area contributed by atoms with Crippen LogP contribution in [-0.4, -0.2) is 54.4 Å². The number of imidazole rings is 1. The molecule has 2 aromatic heterocycles. The summed E-state index contributed by atoms with van der Waals surface area (Å²) in [7, 11) is -4.19. The second kappa shape index (κ2) is 4.69. The SMILES string of the molecule is O=c1[nH]cnc2c1ncn2[C@@H]1O[C@@H]2COP(=O)(O)OC2[C@@H]1O. The zero-order valence-electron chi connectivity index (χ0n) is 10.9. The van der Waals surface area contributed by atoms with Gasteiger partial charge in [-0.25, -0.2) is 14.5 Å². The molecule has 0 saturated carbocycles. The van der Waals surface area contributed by atoms with Crippen molar-refractivity contribution in [1.29, 1.82) is 0 Å². The molecule has 118 valence electrons. The second-order valence-electron chi connectivity index (χ2n) is 4.95. The molecular formula is C10H11N4O7P. The molecule has 0 bridgehead atoms. The fourth-order valence-corrected chi connectivity index (χ4v) is 3.58. The van der Waals surface area contributed by atoms with E-state index in [-0.39, 0.29) is 17.8 Å². The van der Waals surface area contributed by atoms with Crippen molar-refractivity contribution in [2.24, 2.45) is 0 Å². The summed E-state index contributed by atoms with van der Waals surface area (Å²) in [5.74, 6) is 0. The van der Waals surface area contributed by atoms with Crippen LogP contribution in [0.15, 0.2) is 17.4 Å². The fourth-order valence-electron chi connectivity index (χ4n) is 2.61. The summed E-state index contributed by atoms with van der Waals surface area (Å²) in [5.41, 5.74) is -0.106. The van der Waals surface area contributed by atoms with Crippen molar-refractivity contribution in [2.75, 3.05) is 6.61 Å². The van der Waals surface area contributed by atoms with Gasteiger partial charge in [0.25, 0.3) is 5.56 Å². The van der Waals surface area contributed by atoms with Crippen molar-refractivity contribution in [2.45, 2.75) is 24.5 Å². The number of phosphoric ester groups is 1. The van der Waals surface area contributed by atoms with Crippen LogP contribution in [0.4, 0.5) is 0 Å². The Morgan fingerprint density at radius 1 is 1.45 bits per heavy atom. The van der Waals surface area contributed by atoms with Gasteiger partial charge in [-0.3, -0.25) is 18.4 Å². The van der Waals surface area contributed by atoms with Crippen LogP contribution in [-0.2, 0) is 18.3 Å². The largest absolute Gasteiger partial charge is 0.472 e. The molecule has 2 aromatic rings. The number of ether oxygens (including phenoxy) is 1. The number of aliphatic hydroxyl groups excluding tert-OH is 1. The zero-order chi connectivity index (χ0) is 15.5. The minimum absolute atomic E-state index is 0.0955. The molecule has 0 radical (unpaired) electrons. The monoisotopic (exact) mass is 330 g/mol. The van der Waals surface area contributed by atoms with Gasteiger partial charge < -0.3 is 19.7 Å². The number of aromatic amines is 1. The predicted octanol–water partition coefficient (Wildman–Crippen LogP) is -1.11. The highest BCUT2D eigenvalue weighted by Gasteiger charge is 2.52. The third-order valence-electron chi connectivity index (χ3n) is 3.61. The van der Waals surface area contributed by atoms with Gasteiger partial charge in [0, 0.05) is 0 Å². The Morgan fingerprint density at radius 2 is 2.27 bits per heavy atom. The third kappa shape index (κ3) is 2.02. The normalized spacial score (nSPS) is 38.3. The van der Waals surface area contributed by atoms with Gasteiger partial charge in [0.2, 0.25) is 0 Å². The van der Waals surface area contributed by atoms with Gasteiger partial charge in [-0.05, 0) is 0 Å². The average Bonchev–Trinajstić information content (AvgIpc) is 3.01. The number of aromatic nitrogens is 4. The number of rotatable bonds is 1. The van der Waals surface area contributed by atoms with Crippen molar-refractivity contribution in [3.8, 4) is 0 Å². The van der Waals surface area contributed by atoms with Crippen LogP contribution in [0.1, 0.15) is 6.23 Å². The van der Waals surface area contributed by atoms with Gasteiger partial charge in [0.1, 0.15) is 18.3 Å². The number of H-pyrrole nitrogens is 1. The maximum atomic E-state index is 11.6. The Kier molecular flexibility index (Phi) is 2.98. The van der Waals surface area contributed by atoms with E-state index in [1.807, 2.05) is 0 Å². The summed E-state index contributed by atoms with van der Waals surface area (Å²) < 4.78 is 27.9. The summed E-state index contributed by atoms with van der Waals surface area (Å²) in [6.45, 7) is -0.188. The van der Waals surface area contributed by atoms with Gasteiger partial charge in [-0.15, -0.1) is 0 Å². The first-order valence-electron chi connectivity index (χ1n) is 6.36.